The van der Waals surface area contributed by atoms with Crippen molar-refractivity contribution in [3.05, 3.63) is 40.9 Å². The summed E-state index contributed by atoms with van der Waals surface area (Å²) in [6.07, 6.45) is 0.759. The number of hydrogen-bond acceptors (Lipinski definition) is 5. The Morgan fingerprint density at radius 2 is 2.07 bits per heavy atom. The van der Waals surface area contributed by atoms with Crippen molar-refractivity contribution in [2.24, 2.45) is 0 Å². The molecule has 1 aliphatic heterocycles. The molecule has 0 saturated heterocycles. The Morgan fingerprint density at radius 1 is 1.38 bits per heavy atom. The Labute approximate surface area is 174 Å². The predicted molar refractivity (Wildman–Crippen MR) is 101 cm³/mol. The number of hydrogen-bond donors (Lipinski definition) is 0. The van der Waals surface area contributed by atoms with Crippen molar-refractivity contribution < 1.29 is 26.7 Å². The van der Waals surface area contributed by atoms with E-state index in [1.165, 1.54) is 17.3 Å². The van der Waals surface area contributed by atoms with Crippen LogP contribution >= 0.6 is 11.6 Å². The quantitative estimate of drug-likeness (QED) is 0.459. The first-order valence-electron chi connectivity index (χ1n) is 8.91. The minimum absolute atomic E-state index is 0.0503. The van der Waals surface area contributed by atoms with Crippen molar-refractivity contribution in [2.45, 2.75) is 52.0 Å². The molecule has 1 aromatic heterocycles. The molecule has 2 unspecified atom stereocenters. The summed E-state index contributed by atoms with van der Waals surface area (Å²) in [4.78, 5) is 19.3. The maximum Gasteiger partial charge on any atom is 0.417 e. The first kappa shape index (κ1) is 23.4. The van der Waals surface area contributed by atoms with Crippen LogP contribution in [0.25, 0.3) is 0 Å². The van der Waals surface area contributed by atoms with Gasteiger partial charge in [0.25, 0.3) is 0 Å². The average Bonchev–Trinajstić information content (AvgIpc) is 2.99. The molecule has 162 valence electrons. The lowest BCUT2D eigenvalue weighted by molar-refractivity contribution is -0.137. The van der Waals surface area contributed by atoms with Gasteiger partial charge in [0.15, 0.2) is 0 Å². The van der Waals surface area contributed by atoms with Crippen molar-refractivity contribution >= 4 is 28.9 Å². The zero-order valence-electron chi connectivity index (χ0n) is 15.9. The van der Waals surface area contributed by atoms with Crippen LogP contribution in [0.15, 0.2) is 24.7 Å². The van der Waals surface area contributed by atoms with Gasteiger partial charge >= 0.3 is 12.2 Å². The molecule has 0 aromatic carbocycles. The van der Waals surface area contributed by atoms with E-state index in [2.05, 4.69) is 4.98 Å². The fourth-order valence-corrected chi connectivity index (χ4v) is 3.48. The van der Waals surface area contributed by atoms with Gasteiger partial charge in [-0.25, -0.2) is 4.79 Å². The largest absolute Gasteiger partial charge is 0.755 e. The van der Waals surface area contributed by atoms with Crippen LogP contribution < -0.4 is 0 Å². The Morgan fingerprint density at radius 3 is 2.62 bits per heavy atom. The number of rotatable bonds is 7. The van der Waals surface area contributed by atoms with E-state index in [1.54, 1.807) is 11.8 Å². The highest BCUT2D eigenvalue weighted by atomic mass is 35.5. The molecule has 2 amide bonds. The molecular weight excluding hydrogens is 433 g/mol. The highest BCUT2D eigenvalue weighted by Crippen LogP contribution is 2.32. The first-order chi connectivity index (χ1) is 13.6. The van der Waals surface area contributed by atoms with Crippen molar-refractivity contribution in [3.8, 4) is 0 Å². The van der Waals surface area contributed by atoms with Gasteiger partial charge in [0.05, 0.1) is 34.1 Å². The van der Waals surface area contributed by atoms with Gasteiger partial charge in [0.1, 0.15) is 6.17 Å². The van der Waals surface area contributed by atoms with Gasteiger partial charge in [-0.1, -0.05) is 31.4 Å². The molecule has 1 aromatic rings. The molecule has 29 heavy (non-hydrogen) atoms. The number of unbranched alkanes of at least 4 members (excludes halogenated alkanes) is 2. The monoisotopic (exact) mass is 453 g/mol. The van der Waals surface area contributed by atoms with Gasteiger partial charge < -0.3 is 9.45 Å². The molecule has 12 heteroatoms. The third kappa shape index (κ3) is 5.83. The van der Waals surface area contributed by atoms with E-state index in [9.17, 15) is 26.7 Å². The van der Waals surface area contributed by atoms with E-state index in [1.807, 2.05) is 6.92 Å². The molecule has 0 bridgehead atoms. The molecule has 7 nitrogen and oxygen atoms in total. The second-order valence-corrected chi connectivity index (χ2v) is 7.75. The number of nitrogens with zero attached hydrogens (tertiary/aromatic N) is 4. The van der Waals surface area contributed by atoms with E-state index in [4.69, 9.17) is 11.6 Å². The lowest BCUT2D eigenvalue weighted by Gasteiger charge is -2.33. The van der Waals surface area contributed by atoms with Gasteiger partial charge in [-0.15, -0.1) is 0 Å². The number of carbonyl (C=O) groups is 1. The van der Waals surface area contributed by atoms with Crippen LogP contribution in [-0.4, -0.2) is 46.6 Å². The molecule has 0 radical (unpaired) electrons. The van der Waals surface area contributed by atoms with E-state index < -0.39 is 35.2 Å². The summed E-state index contributed by atoms with van der Waals surface area (Å²) in [7, 11) is 0. The molecule has 1 aliphatic rings. The number of carbonyl (C=O) groups excluding carboxylic acids is 1. The molecule has 0 fully saturated rings. The number of pyridine rings is 1. The average molecular weight is 454 g/mol. The molecular formula is C17H21ClF3N4O3S-. The normalized spacial score (nSPS) is 17.7. The SMILES string of the molecule is CCCCCN(C(=O)N1C=CN(Cc2ncc(C(F)(F)F)cc2Cl)C1C)S(=O)[O-]. The molecule has 0 saturated carbocycles. The Hall–Kier alpha value is -1.85. The zero-order chi connectivity index (χ0) is 21.8. The number of amides is 2. The third-order valence-electron chi connectivity index (χ3n) is 4.46. The molecule has 2 rings (SSSR count). The topological polar surface area (TPSA) is 79.8 Å². The molecule has 0 spiro atoms. The van der Waals surface area contributed by atoms with E-state index in [-0.39, 0.29) is 23.8 Å². The molecule has 2 heterocycles. The number of aromatic nitrogens is 1. The molecule has 0 aliphatic carbocycles. The summed E-state index contributed by atoms with van der Waals surface area (Å²) in [6, 6.07) is 0.0972. The van der Waals surface area contributed by atoms with Gasteiger partial charge in [-0.3, -0.25) is 18.4 Å². The van der Waals surface area contributed by atoms with Crippen LogP contribution in [0.4, 0.5) is 18.0 Å². The fourth-order valence-electron chi connectivity index (χ4n) is 2.75. The Kier molecular flexibility index (Phi) is 7.89. The Balaban J connectivity index is 2.07. The van der Waals surface area contributed by atoms with Crippen LogP contribution in [-0.2, 0) is 24.0 Å². The fraction of sp³-hybridized carbons (Fsp3) is 0.529. The Bertz CT molecular complexity index is 794. The second-order valence-electron chi connectivity index (χ2n) is 6.47. The lowest BCUT2D eigenvalue weighted by atomic mass is 10.2. The summed E-state index contributed by atoms with van der Waals surface area (Å²) in [5.74, 6) is 0. The molecule has 2 atom stereocenters. The highest BCUT2D eigenvalue weighted by Gasteiger charge is 2.33. The standard InChI is InChI=1S/C17H22ClF3N4O3S/c1-3-4-5-6-25(29(27)28)16(26)24-8-7-23(12(24)2)11-15-14(18)9-13(10-22-15)17(19,20)21/h7-10,12H,3-6,11H2,1-2H3,(H,27,28)/p-1. The van der Waals surface area contributed by atoms with Crippen molar-refractivity contribution in [1.82, 2.24) is 19.1 Å². The summed E-state index contributed by atoms with van der Waals surface area (Å²) >= 11 is 3.23. The van der Waals surface area contributed by atoms with Crippen LogP contribution in [0.5, 0.6) is 0 Å². The van der Waals surface area contributed by atoms with E-state index >= 15 is 0 Å². The van der Waals surface area contributed by atoms with Gasteiger partial charge in [0.2, 0.25) is 0 Å². The van der Waals surface area contributed by atoms with Crippen LogP contribution in [0.2, 0.25) is 5.02 Å². The first-order valence-corrected chi connectivity index (χ1v) is 10.3. The highest BCUT2D eigenvalue weighted by molar-refractivity contribution is 7.77. The van der Waals surface area contributed by atoms with E-state index in [0.717, 1.165) is 23.2 Å². The summed E-state index contributed by atoms with van der Waals surface area (Å²) in [6.45, 7) is 3.75. The number of halogens is 4. The van der Waals surface area contributed by atoms with Crippen LogP contribution in [0.3, 0.4) is 0 Å². The summed E-state index contributed by atoms with van der Waals surface area (Å²) in [5.41, 5.74) is -0.744. The van der Waals surface area contributed by atoms with Crippen molar-refractivity contribution in [3.63, 3.8) is 0 Å². The van der Waals surface area contributed by atoms with Gasteiger partial charge in [0, 0.05) is 25.1 Å². The van der Waals surface area contributed by atoms with Gasteiger partial charge in [-0.05, 0) is 19.4 Å². The van der Waals surface area contributed by atoms with E-state index in [0.29, 0.717) is 12.6 Å². The minimum Gasteiger partial charge on any atom is -0.755 e. The third-order valence-corrected chi connectivity index (χ3v) is 5.48. The summed E-state index contributed by atoms with van der Waals surface area (Å²) < 4.78 is 61.9. The van der Waals surface area contributed by atoms with Gasteiger partial charge in [-0.2, -0.15) is 13.2 Å². The minimum atomic E-state index is -4.55. The van der Waals surface area contributed by atoms with Crippen LogP contribution in [0, 0.1) is 0 Å². The number of alkyl halides is 3. The second kappa shape index (κ2) is 9.77. The summed E-state index contributed by atoms with van der Waals surface area (Å²) in [5, 5.41) is -0.146. The van der Waals surface area contributed by atoms with Crippen LogP contribution in [0.1, 0.15) is 44.4 Å². The predicted octanol–water partition coefficient (Wildman–Crippen LogP) is 4.09. The van der Waals surface area contributed by atoms with Crippen molar-refractivity contribution in [2.75, 3.05) is 6.54 Å². The lowest BCUT2D eigenvalue weighted by Crippen LogP contribution is -2.47. The maximum absolute atomic E-state index is 12.7. The smallest absolute Gasteiger partial charge is 0.417 e. The molecule has 0 N–H and O–H groups in total. The maximum atomic E-state index is 12.7. The van der Waals surface area contributed by atoms with Crippen molar-refractivity contribution in [1.29, 1.82) is 0 Å². The zero-order valence-corrected chi connectivity index (χ0v) is 17.4. The number of urea groups is 1.